The SMILES string of the molecule is Cc1nn(-c2cccc(Cl)c2C(N)=NO)c(C)c1Br. The fourth-order valence-electron chi connectivity index (χ4n) is 1.85. The highest BCUT2D eigenvalue weighted by molar-refractivity contribution is 9.10. The van der Waals surface area contributed by atoms with Crippen LogP contribution in [0.4, 0.5) is 0 Å². The van der Waals surface area contributed by atoms with E-state index < -0.39 is 0 Å². The third kappa shape index (κ3) is 2.33. The zero-order valence-corrected chi connectivity index (χ0v) is 12.7. The minimum absolute atomic E-state index is 0.0516. The van der Waals surface area contributed by atoms with Gasteiger partial charge < -0.3 is 10.9 Å². The van der Waals surface area contributed by atoms with Crippen LogP contribution in [-0.4, -0.2) is 20.8 Å². The molecule has 1 heterocycles. The molecule has 5 nitrogen and oxygen atoms in total. The van der Waals surface area contributed by atoms with Gasteiger partial charge in [-0.25, -0.2) is 4.68 Å². The van der Waals surface area contributed by atoms with Crippen LogP contribution in [0.2, 0.25) is 5.02 Å². The Labute approximate surface area is 123 Å². The van der Waals surface area contributed by atoms with E-state index in [9.17, 15) is 0 Å². The summed E-state index contributed by atoms with van der Waals surface area (Å²) >= 11 is 9.59. The molecule has 0 amide bonds. The maximum atomic E-state index is 8.88. The number of aryl methyl sites for hydroxylation is 1. The highest BCUT2D eigenvalue weighted by Gasteiger charge is 2.17. The van der Waals surface area contributed by atoms with Crippen LogP contribution in [0.3, 0.4) is 0 Å². The molecule has 0 fully saturated rings. The molecule has 0 saturated carbocycles. The highest BCUT2D eigenvalue weighted by Crippen LogP contribution is 2.27. The van der Waals surface area contributed by atoms with Crippen molar-refractivity contribution in [1.29, 1.82) is 0 Å². The molecule has 0 atom stereocenters. The van der Waals surface area contributed by atoms with Gasteiger partial charge in [-0.05, 0) is 41.9 Å². The van der Waals surface area contributed by atoms with E-state index in [2.05, 4.69) is 26.2 Å². The van der Waals surface area contributed by atoms with Crippen molar-refractivity contribution in [2.45, 2.75) is 13.8 Å². The monoisotopic (exact) mass is 342 g/mol. The van der Waals surface area contributed by atoms with Crippen LogP contribution in [0.15, 0.2) is 27.8 Å². The number of benzene rings is 1. The molecule has 100 valence electrons. The highest BCUT2D eigenvalue weighted by atomic mass is 79.9. The first-order valence-electron chi connectivity index (χ1n) is 5.46. The van der Waals surface area contributed by atoms with Crippen LogP contribution >= 0.6 is 27.5 Å². The van der Waals surface area contributed by atoms with Crippen molar-refractivity contribution in [3.63, 3.8) is 0 Å². The molecule has 19 heavy (non-hydrogen) atoms. The Morgan fingerprint density at radius 2 is 2.16 bits per heavy atom. The Morgan fingerprint density at radius 3 is 2.68 bits per heavy atom. The summed E-state index contributed by atoms with van der Waals surface area (Å²) in [5.41, 5.74) is 8.56. The van der Waals surface area contributed by atoms with Gasteiger partial charge in [0, 0.05) is 0 Å². The third-order valence-corrected chi connectivity index (χ3v) is 4.25. The molecule has 0 aliphatic heterocycles. The van der Waals surface area contributed by atoms with Gasteiger partial charge in [-0.2, -0.15) is 5.10 Å². The minimum atomic E-state index is -0.0516. The minimum Gasteiger partial charge on any atom is -0.409 e. The number of hydrogen-bond acceptors (Lipinski definition) is 3. The van der Waals surface area contributed by atoms with E-state index in [1.54, 1.807) is 16.8 Å². The van der Waals surface area contributed by atoms with Crippen molar-refractivity contribution in [3.05, 3.63) is 44.6 Å². The molecule has 0 saturated heterocycles. The average molecular weight is 344 g/mol. The molecule has 7 heteroatoms. The van der Waals surface area contributed by atoms with Gasteiger partial charge in [-0.3, -0.25) is 0 Å². The molecular weight excluding hydrogens is 332 g/mol. The number of aromatic nitrogens is 2. The zero-order chi connectivity index (χ0) is 14.2. The Morgan fingerprint density at radius 1 is 1.47 bits per heavy atom. The standard InChI is InChI=1S/C12H12BrClN4O/c1-6-11(13)7(2)18(16-6)9-5-3-4-8(14)10(9)12(15)17-19/h3-5,19H,1-2H3,(H2,15,17). The van der Waals surface area contributed by atoms with E-state index in [1.165, 1.54) is 0 Å². The summed E-state index contributed by atoms with van der Waals surface area (Å²) in [5, 5.41) is 16.7. The summed E-state index contributed by atoms with van der Waals surface area (Å²) in [7, 11) is 0. The van der Waals surface area contributed by atoms with Crippen molar-refractivity contribution in [2.75, 3.05) is 0 Å². The van der Waals surface area contributed by atoms with Crippen LogP contribution in [0.5, 0.6) is 0 Å². The van der Waals surface area contributed by atoms with Gasteiger partial charge in [0.25, 0.3) is 0 Å². The van der Waals surface area contributed by atoms with Crippen molar-refractivity contribution in [1.82, 2.24) is 9.78 Å². The number of oxime groups is 1. The van der Waals surface area contributed by atoms with Crippen LogP contribution in [0, 0.1) is 13.8 Å². The normalized spacial score (nSPS) is 11.9. The molecule has 0 unspecified atom stereocenters. The number of hydrogen-bond donors (Lipinski definition) is 2. The van der Waals surface area contributed by atoms with Gasteiger partial charge in [-0.15, -0.1) is 0 Å². The summed E-state index contributed by atoms with van der Waals surface area (Å²) in [4.78, 5) is 0. The maximum Gasteiger partial charge on any atom is 0.173 e. The van der Waals surface area contributed by atoms with E-state index >= 15 is 0 Å². The van der Waals surface area contributed by atoms with Gasteiger partial charge in [0.15, 0.2) is 5.84 Å². The first kappa shape index (κ1) is 13.9. The van der Waals surface area contributed by atoms with E-state index in [0.29, 0.717) is 16.3 Å². The van der Waals surface area contributed by atoms with E-state index in [4.69, 9.17) is 22.5 Å². The number of nitrogens with two attached hydrogens (primary N) is 1. The number of amidine groups is 1. The van der Waals surface area contributed by atoms with Gasteiger partial charge in [-0.1, -0.05) is 22.8 Å². The second-order valence-electron chi connectivity index (χ2n) is 4.02. The maximum absolute atomic E-state index is 8.88. The molecule has 2 aromatic rings. The smallest absolute Gasteiger partial charge is 0.173 e. The lowest BCUT2D eigenvalue weighted by atomic mass is 10.1. The average Bonchev–Trinajstić information content (AvgIpc) is 2.65. The molecule has 0 spiro atoms. The second kappa shape index (κ2) is 5.22. The third-order valence-electron chi connectivity index (χ3n) is 2.79. The lowest BCUT2D eigenvalue weighted by Gasteiger charge is -2.11. The van der Waals surface area contributed by atoms with Gasteiger partial charge in [0.2, 0.25) is 0 Å². The largest absolute Gasteiger partial charge is 0.409 e. The molecular formula is C12H12BrClN4O. The number of halogens is 2. The predicted molar refractivity (Wildman–Crippen MR) is 78.3 cm³/mol. The summed E-state index contributed by atoms with van der Waals surface area (Å²) in [5.74, 6) is -0.0516. The number of nitrogens with zero attached hydrogens (tertiary/aromatic N) is 3. The molecule has 0 aliphatic carbocycles. The van der Waals surface area contributed by atoms with Gasteiger partial charge in [0.1, 0.15) is 0 Å². The van der Waals surface area contributed by atoms with Crippen molar-refractivity contribution in [3.8, 4) is 5.69 Å². The summed E-state index contributed by atoms with van der Waals surface area (Å²) in [6.07, 6.45) is 0. The fourth-order valence-corrected chi connectivity index (χ4v) is 2.36. The van der Waals surface area contributed by atoms with Gasteiger partial charge in [0.05, 0.1) is 32.1 Å². The second-order valence-corrected chi connectivity index (χ2v) is 5.22. The molecule has 0 bridgehead atoms. The molecule has 3 N–H and O–H groups in total. The topological polar surface area (TPSA) is 76.4 Å². The summed E-state index contributed by atoms with van der Waals surface area (Å²) < 4.78 is 2.62. The predicted octanol–water partition coefficient (Wildman–Crippen LogP) is 3.00. The molecule has 0 aliphatic rings. The molecule has 0 radical (unpaired) electrons. The van der Waals surface area contributed by atoms with Crippen LogP contribution in [0.25, 0.3) is 5.69 Å². The first-order valence-corrected chi connectivity index (χ1v) is 6.63. The molecule has 2 rings (SSSR count). The zero-order valence-electron chi connectivity index (χ0n) is 10.4. The Balaban J connectivity index is 2.76. The van der Waals surface area contributed by atoms with E-state index in [0.717, 1.165) is 15.9 Å². The van der Waals surface area contributed by atoms with Gasteiger partial charge >= 0.3 is 0 Å². The quantitative estimate of drug-likeness (QED) is 0.381. The lowest BCUT2D eigenvalue weighted by molar-refractivity contribution is 0.318. The Hall–Kier alpha value is -1.53. The van der Waals surface area contributed by atoms with Crippen LogP contribution in [-0.2, 0) is 0 Å². The fraction of sp³-hybridized carbons (Fsp3) is 0.167. The van der Waals surface area contributed by atoms with Crippen molar-refractivity contribution >= 4 is 33.4 Å². The Bertz CT molecular complexity index is 666. The van der Waals surface area contributed by atoms with Crippen molar-refractivity contribution in [2.24, 2.45) is 10.9 Å². The Kier molecular flexibility index (Phi) is 3.82. The van der Waals surface area contributed by atoms with Crippen LogP contribution in [0.1, 0.15) is 17.0 Å². The first-order chi connectivity index (χ1) is 8.97. The molecule has 1 aromatic carbocycles. The lowest BCUT2D eigenvalue weighted by Crippen LogP contribution is -2.18. The number of rotatable bonds is 2. The molecule has 1 aromatic heterocycles. The van der Waals surface area contributed by atoms with Crippen molar-refractivity contribution < 1.29 is 5.21 Å². The van der Waals surface area contributed by atoms with E-state index in [1.807, 2.05) is 19.9 Å². The summed E-state index contributed by atoms with van der Waals surface area (Å²) in [6.45, 7) is 3.81. The van der Waals surface area contributed by atoms with Crippen LogP contribution < -0.4 is 5.73 Å². The van der Waals surface area contributed by atoms with E-state index in [-0.39, 0.29) is 5.84 Å². The summed E-state index contributed by atoms with van der Waals surface area (Å²) in [6, 6.07) is 5.28.